The first-order valence-corrected chi connectivity index (χ1v) is 7.59. The van der Waals surface area contributed by atoms with Crippen molar-refractivity contribution in [3.8, 4) is 5.88 Å². The van der Waals surface area contributed by atoms with Crippen molar-refractivity contribution in [3.05, 3.63) is 34.7 Å². The number of fused-ring (bicyclic) bond motifs is 1. The van der Waals surface area contributed by atoms with Crippen LogP contribution in [0.4, 0.5) is 5.69 Å². The molecule has 21 heavy (non-hydrogen) atoms. The fourth-order valence-electron chi connectivity index (χ4n) is 3.07. The quantitative estimate of drug-likeness (QED) is 0.791. The van der Waals surface area contributed by atoms with Gasteiger partial charge < -0.3 is 10.0 Å². The zero-order valence-electron chi connectivity index (χ0n) is 11.6. The third kappa shape index (κ3) is 2.10. The SMILES string of the molecule is O=c1cc(O)nc2ccc(N3CCN(P)C4(CC4)C3)cn12. The summed E-state index contributed by atoms with van der Waals surface area (Å²) < 4.78 is 3.86. The van der Waals surface area contributed by atoms with E-state index in [2.05, 4.69) is 23.9 Å². The lowest BCUT2D eigenvalue weighted by Gasteiger charge is -2.41. The average Bonchev–Trinajstić information content (AvgIpc) is 3.22. The van der Waals surface area contributed by atoms with Crippen molar-refractivity contribution in [2.75, 3.05) is 24.5 Å². The number of pyridine rings is 1. The molecular formula is C14H17N4O2P. The first-order valence-electron chi connectivity index (χ1n) is 7.07. The summed E-state index contributed by atoms with van der Waals surface area (Å²) in [4.78, 5) is 18.2. The molecule has 2 fully saturated rings. The first-order chi connectivity index (χ1) is 10.1. The molecule has 1 saturated carbocycles. The minimum absolute atomic E-state index is 0.235. The molecule has 0 aromatic carbocycles. The maximum absolute atomic E-state index is 12.0. The summed E-state index contributed by atoms with van der Waals surface area (Å²) in [6.45, 7) is 2.94. The number of aromatic hydroxyl groups is 1. The van der Waals surface area contributed by atoms with E-state index >= 15 is 0 Å². The zero-order valence-corrected chi connectivity index (χ0v) is 12.7. The van der Waals surface area contributed by atoms with Gasteiger partial charge >= 0.3 is 0 Å². The summed E-state index contributed by atoms with van der Waals surface area (Å²) in [5, 5.41) is 9.39. The highest BCUT2D eigenvalue weighted by molar-refractivity contribution is 7.13. The summed E-state index contributed by atoms with van der Waals surface area (Å²) in [5.41, 5.74) is 1.54. The molecule has 0 amide bonds. The standard InChI is InChI=1S/C14H17N4O2P/c19-12-7-13(20)17-8-10(1-2-11(17)15-12)16-5-6-18(21)14(9-16)3-4-14/h1-2,7-8,19H,3-6,9,21H2. The Hall–Kier alpha value is -1.65. The van der Waals surface area contributed by atoms with E-state index < -0.39 is 0 Å². The van der Waals surface area contributed by atoms with E-state index in [4.69, 9.17) is 0 Å². The molecule has 1 aliphatic carbocycles. The third-order valence-electron chi connectivity index (χ3n) is 4.53. The highest BCUT2D eigenvalue weighted by Gasteiger charge is 2.49. The van der Waals surface area contributed by atoms with Crippen molar-refractivity contribution in [2.24, 2.45) is 0 Å². The van der Waals surface area contributed by atoms with Crippen LogP contribution in [0.2, 0.25) is 0 Å². The molecule has 1 unspecified atom stereocenters. The maximum Gasteiger partial charge on any atom is 0.261 e. The summed E-state index contributed by atoms with van der Waals surface area (Å²) >= 11 is 0. The van der Waals surface area contributed by atoms with Crippen molar-refractivity contribution in [3.63, 3.8) is 0 Å². The van der Waals surface area contributed by atoms with Crippen LogP contribution in [0.1, 0.15) is 12.8 Å². The summed E-state index contributed by atoms with van der Waals surface area (Å²) in [6.07, 6.45) is 4.28. The van der Waals surface area contributed by atoms with E-state index in [1.54, 1.807) is 6.07 Å². The molecule has 3 heterocycles. The lowest BCUT2D eigenvalue weighted by molar-refractivity contribution is 0.295. The molecule has 4 rings (SSSR count). The summed E-state index contributed by atoms with van der Waals surface area (Å²) in [6, 6.07) is 4.89. The van der Waals surface area contributed by atoms with Gasteiger partial charge in [0.25, 0.3) is 5.56 Å². The first kappa shape index (κ1) is 13.0. The van der Waals surface area contributed by atoms with Gasteiger partial charge in [0.05, 0.1) is 11.8 Å². The van der Waals surface area contributed by atoms with Crippen LogP contribution in [0.25, 0.3) is 5.65 Å². The molecule has 1 N–H and O–H groups in total. The van der Waals surface area contributed by atoms with E-state index in [1.807, 2.05) is 12.3 Å². The van der Waals surface area contributed by atoms with Gasteiger partial charge in [0, 0.05) is 31.4 Å². The van der Waals surface area contributed by atoms with Crippen LogP contribution in [0, 0.1) is 0 Å². The van der Waals surface area contributed by atoms with E-state index in [0.29, 0.717) is 11.2 Å². The van der Waals surface area contributed by atoms with Gasteiger partial charge in [0.2, 0.25) is 5.88 Å². The number of rotatable bonds is 1. The minimum atomic E-state index is -0.259. The highest BCUT2D eigenvalue weighted by atomic mass is 31.0. The number of hydrogen-bond donors (Lipinski definition) is 1. The number of anilines is 1. The number of nitrogens with zero attached hydrogens (tertiary/aromatic N) is 4. The summed E-state index contributed by atoms with van der Waals surface area (Å²) in [5.74, 6) is -0.235. The zero-order chi connectivity index (χ0) is 14.6. The predicted octanol–water partition coefficient (Wildman–Crippen LogP) is 0.845. The third-order valence-corrected chi connectivity index (χ3v) is 5.33. The second-order valence-electron chi connectivity index (χ2n) is 5.91. The smallest absolute Gasteiger partial charge is 0.261 e. The average molecular weight is 304 g/mol. The van der Waals surface area contributed by atoms with Gasteiger partial charge in [-0.1, -0.05) is 9.39 Å². The largest absolute Gasteiger partial charge is 0.493 e. The van der Waals surface area contributed by atoms with Crippen LogP contribution in [0.5, 0.6) is 5.88 Å². The normalized spacial score (nSPS) is 21.1. The van der Waals surface area contributed by atoms with E-state index in [0.717, 1.165) is 31.4 Å². The number of hydrogen-bond acceptors (Lipinski definition) is 5. The Morgan fingerprint density at radius 1 is 1.29 bits per heavy atom. The molecule has 7 heteroatoms. The van der Waals surface area contributed by atoms with E-state index in [1.165, 1.54) is 17.2 Å². The van der Waals surface area contributed by atoms with Crippen molar-refractivity contribution in [1.82, 2.24) is 14.1 Å². The second-order valence-corrected chi connectivity index (χ2v) is 6.53. The maximum atomic E-state index is 12.0. The molecule has 2 aromatic heterocycles. The second kappa shape index (κ2) is 4.42. The number of aromatic nitrogens is 2. The van der Waals surface area contributed by atoms with Crippen molar-refractivity contribution in [2.45, 2.75) is 18.4 Å². The topological polar surface area (TPSA) is 61.1 Å². The molecule has 2 aromatic rings. The van der Waals surface area contributed by atoms with Crippen molar-refractivity contribution in [1.29, 1.82) is 0 Å². The van der Waals surface area contributed by atoms with Gasteiger partial charge in [0.1, 0.15) is 5.65 Å². The monoisotopic (exact) mass is 304 g/mol. The van der Waals surface area contributed by atoms with Crippen molar-refractivity contribution < 1.29 is 5.11 Å². The molecule has 1 aliphatic heterocycles. The fraction of sp³-hybridized carbons (Fsp3) is 0.429. The molecule has 1 saturated heterocycles. The number of piperazine rings is 1. The van der Waals surface area contributed by atoms with Crippen LogP contribution >= 0.6 is 9.39 Å². The van der Waals surface area contributed by atoms with Gasteiger partial charge in [-0.05, 0) is 25.0 Å². The molecule has 1 spiro atoms. The fourth-order valence-corrected chi connectivity index (χ4v) is 3.52. The van der Waals surface area contributed by atoms with Crippen LogP contribution in [-0.4, -0.2) is 44.3 Å². The molecule has 2 aliphatic rings. The van der Waals surface area contributed by atoms with Crippen LogP contribution in [-0.2, 0) is 0 Å². The van der Waals surface area contributed by atoms with Crippen molar-refractivity contribution >= 4 is 20.7 Å². The Bertz CT molecular complexity index is 771. The molecular weight excluding hydrogens is 287 g/mol. The van der Waals surface area contributed by atoms with Gasteiger partial charge in [-0.2, -0.15) is 4.98 Å². The molecule has 0 bridgehead atoms. The van der Waals surface area contributed by atoms with E-state index in [-0.39, 0.29) is 11.4 Å². The van der Waals surface area contributed by atoms with Gasteiger partial charge in [-0.25, -0.2) is 0 Å². The van der Waals surface area contributed by atoms with Gasteiger partial charge in [0.15, 0.2) is 0 Å². The Labute approximate surface area is 124 Å². The molecule has 0 radical (unpaired) electrons. The van der Waals surface area contributed by atoms with Crippen LogP contribution in [0.15, 0.2) is 29.2 Å². The van der Waals surface area contributed by atoms with Crippen LogP contribution in [0.3, 0.4) is 0 Å². The lowest BCUT2D eigenvalue weighted by atomic mass is 10.1. The van der Waals surface area contributed by atoms with Crippen LogP contribution < -0.4 is 10.5 Å². The Morgan fingerprint density at radius 3 is 2.86 bits per heavy atom. The van der Waals surface area contributed by atoms with Gasteiger partial charge in [-0.3, -0.25) is 13.9 Å². The highest BCUT2D eigenvalue weighted by Crippen LogP contribution is 2.46. The van der Waals surface area contributed by atoms with Gasteiger partial charge in [-0.15, -0.1) is 0 Å². The summed E-state index contributed by atoms with van der Waals surface area (Å²) in [7, 11) is 2.84. The Morgan fingerprint density at radius 2 is 2.10 bits per heavy atom. The Kier molecular flexibility index (Phi) is 2.75. The molecule has 110 valence electrons. The van der Waals surface area contributed by atoms with E-state index in [9.17, 15) is 9.90 Å². The molecule has 6 nitrogen and oxygen atoms in total. The lowest BCUT2D eigenvalue weighted by Crippen LogP contribution is -2.51. The minimum Gasteiger partial charge on any atom is -0.493 e. The predicted molar refractivity (Wildman–Crippen MR) is 83.7 cm³/mol. The molecule has 1 atom stereocenters. The Balaban J connectivity index is 1.73.